The normalized spacial score (nSPS) is 13.8. The van der Waals surface area contributed by atoms with Crippen molar-refractivity contribution in [2.45, 2.75) is 32.8 Å². The van der Waals surface area contributed by atoms with Gasteiger partial charge in [0.25, 0.3) is 5.69 Å². The van der Waals surface area contributed by atoms with Crippen LogP contribution in [0.25, 0.3) is 0 Å². The average molecular weight is 280 g/mol. The van der Waals surface area contributed by atoms with Gasteiger partial charge in [0.2, 0.25) is 0 Å². The van der Waals surface area contributed by atoms with E-state index in [1.54, 1.807) is 6.92 Å². The Hall–Kier alpha value is -1.95. The van der Waals surface area contributed by atoms with Crippen LogP contribution in [0.2, 0.25) is 0 Å². The van der Waals surface area contributed by atoms with Crippen LogP contribution >= 0.6 is 0 Å². The van der Waals surface area contributed by atoms with E-state index in [1.807, 2.05) is 13.8 Å². The topological polar surface area (TPSA) is 92.5 Å². The fraction of sp³-hybridized carbons (Fsp3) is 0.500. The maximum atomic E-state index is 11.0. The highest BCUT2D eigenvalue weighted by atomic mass is 16.6. The summed E-state index contributed by atoms with van der Waals surface area (Å²) in [6.07, 6.45) is 1.14. The summed E-state index contributed by atoms with van der Waals surface area (Å²) >= 11 is 0. The molecule has 1 aromatic rings. The van der Waals surface area contributed by atoms with Crippen molar-refractivity contribution in [2.24, 2.45) is 5.92 Å². The Bertz CT molecular complexity index is 498. The second-order valence-corrected chi connectivity index (χ2v) is 5.60. The molecule has 0 bridgehead atoms. The maximum Gasteiger partial charge on any atom is 0.293 e. The number of anilines is 1. The molecule has 0 aliphatic heterocycles. The van der Waals surface area contributed by atoms with Gasteiger partial charge in [-0.3, -0.25) is 14.9 Å². The maximum absolute atomic E-state index is 11.0. The molecule has 0 aromatic heterocycles. The van der Waals surface area contributed by atoms with Crippen molar-refractivity contribution in [3.05, 3.63) is 33.9 Å². The molecule has 0 amide bonds. The van der Waals surface area contributed by atoms with Crippen molar-refractivity contribution in [2.75, 3.05) is 11.9 Å². The summed E-state index contributed by atoms with van der Waals surface area (Å²) in [5.74, 6) is 0.319. The lowest BCUT2D eigenvalue weighted by Crippen LogP contribution is -2.35. The first-order chi connectivity index (χ1) is 9.25. The lowest BCUT2D eigenvalue weighted by atomic mass is 9.94. The van der Waals surface area contributed by atoms with Crippen LogP contribution < -0.4 is 5.32 Å². The van der Waals surface area contributed by atoms with E-state index in [1.165, 1.54) is 18.2 Å². The minimum absolute atomic E-state index is 0.171. The zero-order chi connectivity index (χ0) is 15.3. The van der Waals surface area contributed by atoms with E-state index in [0.29, 0.717) is 24.3 Å². The van der Waals surface area contributed by atoms with Crippen LogP contribution in [0.15, 0.2) is 18.2 Å². The number of carbonyl (C=O) groups excluding carboxylic acids is 1. The molecular formula is C14H20N2O4. The number of aliphatic hydroxyl groups is 1. The van der Waals surface area contributed by atoms with Crippen molar-refractivity contribution in [3.63, 3.8) is 0 Å². The number of nitro groups is 1. The summed E-state index contributed by atoms with van der Waals surface area (Å²) in [4.78, 5) is 21.1. The zero-order valence-electron chi connectivity index (χ0n) is 11.9. The number of nitrogens with one attached hydrogen (secondary N) is 1. The lowest BCUT2D eigenvalue weighted by molar-refractivity contribution is -0.384. The van der Waals surface area contributed by atoms with Crippen LogP contribution in [0.3, 0.4) is 0 Å². The van der Waals surface area contributed by atoms with Gasteiger partial charge in [0.05, 0.1) is 10.5 Å². The number of carbonyl (C=O) groups is 1. The average Bonchev–Trinajstić information content (AvgIpc) is 2.34. The molecule has 0 spiro atoms. The van der Waals surface area contributed by atoms with E-state index < -0.39 is 10.5 Å². The molecule has 110 valence electrons. The Morgan fingerprint density at radius 1 is 1.50 bits per heavy atom. The third-order valence-electron chi connectivity index (χ3n) is 2.86. The summed E-state index contributed by atoms with van der Waals surface area (Å²) in [5.41, 5.74) is -0.582. The number of hydrogen-bond donors (Lipinski definition) is 2. The van der Waals surface area contributed by atoms with Gasteiger partial charge >= 0.3 is 0 Å². The van der Waals surface area contributed by atoms with Crippen molar-refractivity contribution < 1.29 is 14.8 Å². The predicted molar refractivity (Wildman–Crippen MR) is 77.1 cm³/mol. The van der Waals surface area contributed by atoms with Gasteiger partial charge < -0.3 is 10.4 Å². The molecule has 6 nitrogen and oxygen atoms in total. The summed E-state index contributed by atoms with van der Waals surface area (Å²) in [6, 6.07) is 4.19. The number of nitrogens with zero attached hydrogens (tertiary/aromatic N) is 1. The van der Waals surface area contributed by atoms with E-state index in [-0.39, 0.29) is 17.8 Å². The molecule has 0 aliphatic carbocycles. The van der Waals surface area contributed by atoms with E-state index in [2.05, 4.69) is 5.32 Å². The molecule has 0 saturated carbocycles. The van der Waals surface area contributed by atoms with Gasteiger partial charge in [-0.2, -0.15) is 0 Å². The van der Waals surface area contributed by atoms with Crippen LogP contribution in [-0.2, 0) is 0 Å². The molecule has 6 heteroatoms. The lowest BCUT2D eigenvalue weighted by Gasteiger charge is -2.26. The van der Waals surface area contributed by atoms with Gasteiger partial charge in [-0.25, -0.2) is 0 Å². The van der Waals surface area contributed by atoms with Gasteiger partial charge in [0, 0.05) is 18.2 Å². The van der Waals surface area contributed by atoms with E-state index >= 15 is 0 Å². The molecule has 1 unspecified atom stereocenters. The molecular weight excluding hydrogens is 260 g/mol. The molecule has 0 heterocycles. The number of aldehydes is 1. The Morgan fingerprint density at radius 2 is 2.15 bits per heavy atom. The standard InChI is InChI=1S/C14H20N2O4/c1-10(2)7-14(3,18)9-15-12-5-4-11(8-17)6-13(12)16(19)20/h4-6,8,10,15,18H,7,9H2,1-3H3. The molecule has 1 aromatic carbocycles. The van der Waals surface area contributed by atoms with Crippen LogP contribution in [0.5, 0.6) is 0 Å². The van der Waals surface area contributed by atoms with Crippen molar-refractivity contribution in [1.29, 1.82) is 0 Å². The molecule has 20 heavy (non-hydrogen) atoms. The van der Waals surface area contributed by atoms with Crippen molar-refractivity contribution in [3.8, 4) is 0 Å². The van der Waals surface area contributed by atoms with Gasteiger partial charge in [-0.15, -0.1) is 0 Å². The first-order valence-electron chi connectivity index (χ1n) is 6.45. The highest BCUT2D eigenvalue weighted by molar-refractivity contribution is 5.79. The number of hydrogen-bond acceptors (Lipinski definition) is 5. The van der Waals surface area contributed by atoms with Crippen LogP contribution in [-0.4, -0.2) is 28.5 Å². The third kappa shape index (κ3) is 4.62. The van der Waals surface area contributed by atoms with Crippen LogP contribution in [0.4, 0.5) is 11.4 Å². The second-order valence-electron chi connectivity index (χ2n) is 5.60. The monoisotopic (exact) mass is 280 g/mol. The number of benzene rings is 1. The third-order valence-corrected chi connectivity index (χ3v) is 2.86. The Kier molecular flexibility index (Phi) is 5.21. The van der Waals surface area contributed by atoms with E-state index in [0.717, 1.165) is 0 Å². The molecule has 0 radical (unpaired) electrons. The largest absolute Gasteiger partial charge is 0.388 e. The van der Waals surface area contributed by atoms with Gasteiger partial charge in [0.1, 0.15) is 12.0 Å². The molecule has 1 atom stereocenters. The fourth-order valence-electron chi connectivity index (χ4n) is 2.16. The summed E-state index contributed by atoms with van der Waals surface area (Å²) in [7, 11) is 0. The van der Waals surface area contributed by atoms with E-state index in [9.17, 15) is 20.0 Å². The zero-order valence-corrected chi connectivity index (χ0v) is 11.9. The summed E-state index contributed by atoms with van der Waals surface area (Å²) in [6.45, 7) is 5.88. The second kappa shape index (κ2) is 6.47. The van der Waals surface area contributed by atoms with Crippen molar-refractivity contribution in [1.82, 2.24) is 0 Å². The minimum atomic E-state index is -0.953. The molecule has 0 fully saturated rings. The summed E-state index contributed by atoms with van der Waals surface area (Å²) < 4.78 is 0. The number of rotatable bonds is 7. The molecule has 0 aliphatic rings. The van der Waals surface area contributed by atoms with Gasteiger partial charge in [0.15, 0.2) is 0 Å². The van der Waals surface area contributed by atoms with Gasteiger partial charge in [-0.1, -0.05) is 13.8 Å². The quantitative estimate of drug-likeness (QED) is 0.455. The molecule has 0 saturated heterocycles. The predicted octanol–water partition coefficient (Wildman–Crippen LogP) is 2.62. The molecule has 2 N–H and O–H groups in total. The Morgan fingerprint density at radius 3 is 2.65 bits per heavy atom. The fourth-order valence-corrected chi connectivity index (χ4v) is 2.16. The highest BCUT2D eigenvalue weighted by Crippen LogP contribution is 2.26. The van der Waals surface area contributed by atoms with Crippen LogP contribution in [0.1, 0.15) is 37.6 Å². The van der Waals surface area contributed by atoms with E-state index in [4.69, 9.17) is 0 Å². The smallest absolute Gasteiger partial charge is 0.293 e. The first kappa shape index (κ1) is 16.1. The van der Waals surface area contributed by atoms with Gasteiger partial charge in [-0.05, 0) is 31.4 Å². The SMILES string of the molecule is CC(C)CC(C)(O)CNc1ccc(C=O)cc1[N+](=O)[O-]. The Labute approximate surface area is 118 Å². The number of nitro benzene ring substituents is 1. The minimum Gasteiger partial charge on any atom is -0.388 e. The summed E-state index contributed by atoms with van der Waals surface area (Å²) in [5, 5.41) is 24.1. The Balaban J connectivity index is 2.87. The first-order valence-corrected chi connectivity index (χ1v) is 6.45. The van der Waals surface area contributed by atoms with Crippen molar-refractivity contribution >= 4 is 17.7 Å². The molecule has 1 rings (SSSR count). The van der Waals surface area contributed by atoms with Crippen LogP contribution in [0, 0.1) is 16.0 Å². The highest BCUT2D eigenvalue weighted by Gasteiger charge is 2.23.